The Labute approximate surface area is 126 Å². The normalized spacial score (nSPS) is 13.4. The lowest BCUT2D eigenvalue weighted by Gasteiger charge is -2.20. The molecule has 1 aromatic rings. The van der Waals surface area contributed by atoms with Crippen LogP contribution in [0.15, 0.2) is 22.7 Å². The van der Waals surface area contributed by atoms with Crippen LogP contribution in [0.2, 0.25) is 0 Å². The fourth-order valence-corrected chi connectivity index (χ4v) is 2.09. The molecule has 0 bridgehead atoms. The van der Waals surface area contributed by atoms with Gasteiger partial charge < -0.3 is 15.7 Å². The van der Waals surface area contributed by atoms with E-state index in [1.165, 1.54) is 0 Å². The Balaban J connectivity index is 2.76. The Morgan fingerprint density at radius 1 is 1.40 bits per heavy atom. The third kappa shape index (κ3) is 4.23. The molecule has 0 fully saturated rings. The minimum atomic E-state index is -1.03. The zero-order valence-electron chi connectivity index (χ0n) is 11.7. The quantitative estimate of drug-likeness (QED) is 0.767. The number of hydrogen-bond acceptors (Lipinski definition) is 2. The summed E-state index contributed by atoms with van der Waals surface area (Å²) in [7, 11) is 0. The second-order valence-electron chi connectivity index (χ2n) is 4.71. The van der Waals surface area contributed by atoms with Crippen molar-refractivity contribution in [2.24, 2.45) is 5.92 Å². The SMILES string of the molecule is CC[C@H](C)[C@H](NC(=O)Nc1cccc(Br)c1C)C(=O)O. The van der Waals surface area contributed by atoms with Crippen molar-refractivity contribution < 1.29 is 14.7 Å². The Bertz CT molecular complexity index is 505. The molecular formula is C14H19BrN2O3. The summed E-state index contributed by atoms with van der Waals surface area (Å²) >= 11 is 3.38. The molecule has 20 heavy (non-hydrogen) atoms. The molecule has 0 saturated carbocycles. The molecule has 110 valence electrons. The van der Waals surface area contributed by atoms with E-state index in [0.29, 0.717) is 12.1 Å². The molecule has 1 rings (SSSR count). The van der Waals surface area contributed by atoms with Gasteiger partial charge in [0.15, 0.2) is 0 Å². The first kappa shape index (κ1) is 16.5. The zero-order valence-corrected chi connectivity index (χ0v) is 13.3. The van der Waals surface area contributed by atoms with Crippen LogP contribution in [0, 0.1) is 12.8 Å². The lowest BCUT2D eigenvalue weighted by molar-refractivity contribution is -0.140. The average molecular weight is 343 g/mol. The molecule has 0 saturated heterocycles. The van der Waals surface area contributed by atoms with Crippen molar-refractivity contribution in [2.45, 2.75) is 33.2 Å². The van der Waals surface area contributed by atoms with Crippen molar-refractivity contribution in [3.63, 3.8) is 0 Å². The number of carboxylic acids is 1. The zero-order chi connectivity index (χ0) is 15.3. The van der Waals surface area contributed by atoms with Crippen LogP contribution in [0.3, 0.4) is 0 Å². The number of anilines is 1. The van der Waals surface area contributed by atoms with Crippen molar-refractivity contribution in [1.82, 2.24) is 5.32 Å². The number of amides is 2. The smallest absolute Gasteiger partial charge is 0.326 e. The van der Waals surface area contributed by atoms with E-state index >= 15 is 0 Å². The Kier molecular flexibility index (Phi) is 6.01. The van der Waals surface area contributed by atoms with Gasteiger partial charge in [-0.3, -0.25) is 0 Å². The van der Waals surface area contributed by atoms with Crippen LogP contribution in [0.5, 0.6) is 0 Å². The van der Waals surface area contributed by atoms with Gasteiger partial charge in [0.05, 0.1) is 0 Å². The van der Waals surface area contributed by atoms with E-state index in [4.69, 9.17) is 5.11 Å². The minimum absolute atomic E-state index is 0.137. The van der Waals surface area contributed by atoms with Crippen molar-refractivity contribution in [3.05, 3.63) is 28.2 Å². The summed E-state index contributed by atoms with van der Waals surface area (Å²) in [5, 5.41) is 14.3. The molecule has 0 aliphatic carbocycles. The van der Waals surface area contributed by atoms with Gasteiger partial charge in [0.2, 0.25) is 0 Å². The first-order valence-electron chi connectivity index (χ1n) is 6.42. The van der Waals surface area contributed by atoms with E-state index in [0.717, 1.165) is 10.0 Å². The maximum Gasteiger partial charge on any atom is 0.326 e. The molecule has 0 spiro atoms. The summed E-state index contributed by atoms with van der Waals surface area (Å²) in [5.74, 6) is -1.16. The molecular weight excluding hydrogens is 324 g/mol. The summed E-state index contributed by atoms with van der Waals surface area (Å²) < 4.78 is 0.881. The van der Waals surface area contributed by atoms with Gasteiger partial charge in [-0.25, -0.2) is 9.59 Å². The number of urea groups is 1. The minimum Gasteiger partial charge on any atom is -0.480 e. The van der Waals surface area contributed by atoms with Gasteiger partial charge in [-0.2, -0.15) is 0 Å². The third-order valence-corrected chi connectivity index (χ3v) is 4.14. The van der Waals surface area contributed by atoms with Crippen LogP contribution in [0.1, 0.15) is 25.8 Å². The average Bonchev–Trinajstić information content (AvgIpc) is 2.40. The van der Waals surface area contributed by atoms with E-state index in [-0.39, 0.29) is 5.92 Å². The number of rotatable bonds is 5. The number of carboxylic acid groups (broad SMARTS) is 1. The van der Waals surface area contributed by atoms with Crippen LogP contribution in [0.25, 0.3) is 0 Å². The van der Waals surface area contributed by atoms with Crippen molar-refractivity contribution in [3.8, 4) is 0 Å². The topological polar surface area (TPSA) is 78.4 Å². The highest BCUT2D eigenvalue weighted by Crippen LogP contribution is 2.23. The summed E-state index contributed by atoms with van der Waals surface area (Å²) in [6, 6.07) is 4.03. The van der Waals surface area contributed by atoms with E-state index in [2.05, 4.69) is 26.6 Å². The van der Waals surface area contributed by atoms with Crippen molar-refractivity contribution >= 4 is 33.6 Å². The Morgan fingerprint density at radius 3 is 2.60 bits per heavy atom. The van der Waals surface area contributed by atoms with Gasteiger partial charge in [-0.1, -0.05) is 42.3 Å². The molecule has 3 N–H and O–H groups in total. The van der Waals surface area contributed by atoms with Gasteiger partial charge in [0.1, 0.15) is 6.04 Å². The molecule has 2 amide bonds. The summed E-state index contributed by atoms with van der Waals surface area (Å²) in [5.41, 5.74) is 1.53. The highest BCUT2D eigenvalue weighted by atomic mass is 79.9. The third-order valence-electron chi connectivity index (χ3n) is 3.28. The van der Waals surface area contributed by atoms with Crippen molar-refractivity contribution in [1.29, 1.82) is 0 Å². The van der Waals surface area contributed by atoms with Gasteiger partial charge in [-0.15, -0.1) is 0 Å². The molecule has 5 nitrogen and oxygen atoms in total. The second-order valence-corrected chi connectivity index (χ2v) is 5.57. The maximum atomic E-state index is 11.9. The van der Waals surface area contributed by atoms with Crippen LogP contribution in [0.4, 0.5) is 10.5 Å². The molecule has 0 radical (unpaired) electrons. The standard InChI is InChI=1S/C14H19BrN2O3/c1-4-8(2)12(13(18)19)17-14(20)16-11-7-5-6-10(15)9(11)3/h5-8,12H,4H2,1-3H3,(H,18,19)(H2,16,17,20)/t8-,12-/m0/s1. The summed E-state index contributed by atoms with van der Waals surface area (Å²) in [6.07, 6.45) is 0.674. The predicted molar refractivity (Wildman–Crippen MR) is 81.9 cm³/mol. The lowest BCUT2D eigenvalue weighted by Crippen LogP contribution is -2.46. The first-order chi connectivity index (χ1) is 9.36. The van der Waals surface area contributed by atoms with Gasteiger partial charge in [0.25, 0.3) is 0 Å². The molecule has 0 aliphatic heterocycles. The lowest BCUT2D eigenvalue weighted by atomic mass is 9.99. The van der Waals surface area contributed by atoms with Gasteiger partial charge in [0, 0.05) is 10.2 Å². The van der Waals surface area contributed by atoms with Crippen LogP contribution in [-0.4, -0.2) is 23.1 Å². The number of carbonyl (C=O) groups is 2. The van der Waals surface area contributed by atoms with Gasteiger partial charge >= 0.3 is 12.0 Å². The highest BCUT2D eigenvalue weighted by molar-refractivity contribution is 9.10. The largest absolute Gasteiger partial charge is 0.480 e. The van der Waals surface area contributed by atoms with Gasteiger partial charge in [-0.05, 0) is 30.5 Å². The number of carbonyl (C=O) groups excluding carboxylic acids is 1. The maximum absolute atomic E-state index is 11.9. The van der Waals surface area contributed by atoms with E-state index in [1.54, 1.807) is 19.1 Å². The molecule has 0 aromatic heterocycles. The molecule has 2 atom stereocenters. The number of halogens is 1. The molecule has 6 heteroatoms. The molecule has 0 unspecified atom stereocenters. The van der Waals surface area contributed by atoms with E-state index in [1.807, 2.05) is 19.9 Å². The number of benzene rings is 1. The predicted octanol–water partition coefficient (Wildman–Crippen LogP) is 3.38. The molecule has 1 aromatic carbocycles. The second kappa shape index (κ2) is 7.28. The van der Waals surface area contributed by atoms with Crippen LogP contribution >= 0.6 is 15.9 Å². The number of aliphatic carboxylic acids is 1. The monoisotopic (exact) mass is 342 g/mol. The fraction of sp³-hybridized carbons (Fsp3) is 0.429. The number of nitrogens with one attached hydrogen (secondary N) is 2. The first-order valence-corrected chi connectivity index (χ1v) is 7.21. The number of hydrogen-bond donors (Lipinski definition) is 3. The summed E-state index contributed by atoms with van der Waals surface area (Å²) in [6.45, 7) is 5.55. The van der Waals surface area contributed by atoms with Crippen LogP contribution < -0.4 is 10.6 Å². The van der Waals surface area contributed by atoms with E-state index in [9.17, 15) is 9.59 Å². The van der Waals surface area contributed by atoms with Crippen LogP contribution in [-0.2, 0) is 4.79 Å². The fourth-order valence-electron chi connectivity index (χ4n) is 1.73. The highest BCUT2D eigenvalue weighted by Gasteiger charge is 2.25. The Morgan fingerprint density at radius 2 is 2.05 bits per heavy atom. The molecule has 0 heterocycles. The van der Waals surface area contributed by atoms with E-state index < -0.39 is 18.0 Å². The molecule has 0 aliphatic rings. The Hall–Kier alpha value is -1.56. The summed E-state index contributed by atoms with van der Waals surface area (Å²) in [4.78, 5) is 23.1. The van der Waals surface area contributed by atoms with Crippen molar-refractivity contribution in [2.75, 3.05) is 5.32 Å².